The van der Waals surface area contributed by atoms with Gasteiger partial charge in [-0.15, -0.1) is 0 Å². The van der Waals surface area contributed by atoms with Gasteiger partial charge in [-0.25, -0.2) is 0 Å². The van der Waals surface area contributed by atoms with Crippen molar-refractivity contribution >= 4 is 5.97 Å². The molecule has 0 aliphatic carbocycles. The van der Waals surface area contributed by atoms with E-state index in [0.717, 1.165) is 0 Å². The van der Waals surface area contributed by atoms with Gasteiger partial charge in [0.25, 0.3) is 0 Å². The third-order valence-electron chi connectivity index (χ3n) is 1.38. The van der Waals surface area contributed by atoms with E-state index in [1.807, 2.05) is 0 Å². The molecule has 0 heterocycles. The van der Waals surface area contributed by atoms with Gasteiger partial charge in [0, 0.05) is 0 Å². The second-order valence-electron chi connectivity index (χ2n) is 2.10. The molecule has 62 valence electrons. The zero-order valence-electron chi connectivity index (χ0n) is 6.37. The SMILES string of the molecule is CCC(O)C(C)C(=O)O.N. The Hall–Kier alpha value is -0.610. The van der Waals surface area contributed by atoms with Crippen LogP contribution in [0.4, 0.5) is 0 Å². The molecule has 0 bridgehead atoms. The Morgan fingerprint density at radius 3 is 2.10 bits per heavy atom. The van der Waals surface area contributed by atoms with Crippen molar-refractivity contribution in [1.29, 1.82) is 0 Å². The highest BCUT2D eigenvalue weighted by molar-refractivity contribution is 5.70. The van der Waals surface area contributed by atoms with Gasteiger partial charge in [-0.1, -0.05) is 6.92 Å². The van der Waals surface area contributed by atoms with E-state index in [-0.39, 0.29) is 6.15 Å². The van der Waals surface area contributed by atoms with Crippen molar-refractivity contribution in [3.05, 3.63) is 0 Å². The predicted molar refractivity (Wildman–Crippen MR) is 38.1 cm³/mol. The number of rotatable bonds is 3. The normalized spacial score (nSPS) is 15.1. The highest BCUT2D eigenvalue weighted by Gasteiger charge is 2.18. The monoisotopic (exact) mass is 149 g/mol. The minimum atomic E-state index is -0.940. The quantitative estimate of drug-likeness (QED) is 0.549. The van der Waals surface area contributed by atoms with Gasteiger partial charge in [-0.3, -0.25) is 4.79 Å². The first kappa shape index (κ1) is 12.1. The van der Waals surface area contributed by atoms with Gasteiger partial charge in [-0.2, -0.15) is 0 Å². The summed E-state index contributed by atoms with van der Waals surface area (Å²) < 4.78 is 0. The summed E-state index contributed by atoms with van der Waals surface area (Å²) in [6, 6.07) is 0. The summed E-state index contributed by atoms with van der Waals surface area (Å²) in [4.78, 5) is 10.1. The second-order valence-corrected chi connectivity index (χ2v) is 2.10. The Kier molecular flexibility index (Phi) is 6.29. The second kappa shape index (κ2) is 5.20. The Bertz CT molecular complexity index is 105. The molecule has 0 rings (SSSR count). The molecule has 0 spiro atoms. The average Bonchev–Trinajstić information content (AvgIpc) is 1.84. The van der Waals surface area contributed by atoms with Crippen molar-refractivity contribution in [1.82, 2.24) is 6.15 Å². The number of hydrogen-bond acceptors (Lipinski definition) is 3. The first-order valence-corrected chi connectivity index (χ1v) is 3.00. The molecule has 0 fully saturated rings. The van der Waals surface area contributed by atoms with Crippen LogP contribution in [0.15, 0.2) is 0 Å². The van der Waals surface area contributed by atoms with Crippen LogP contribution in [-0.4, -0.2) is 22.3 Å². The highest BCUT2D eigenvalue weighted by atomic mass is 16.4. The van der Waals surface area contributed by atoms with Gasteiger partial charge < -0.3 is 16.4 Å². The average molecular weight is 149 g/mol. The van der Waals surface area contributed by atoms with Gasteiger partial charge >= 0.3 is 5.97 Å². The van der Waals surface area contributed by atoms with Crippen molar-refractivity contribution in [3.63, 3.8) is 0 Å². The number of aliphatic carboxylic acids is 1. The molecule has 0 aliphatic rings. The lowest BCUT2D eigenvalue weighted by Gasteiger charge is -2.10. The van der Waals surface area contributed by atoms with Crippen LogP contribution in [0, 0.1) is 5.92 Å². The molecule has 10 heavy (non-hydrogen) atoms. The number of hydrogen-bond donors (Lipinski definition) is 3. The number of carboxylic acids is 1. The van der Waals surface area contributed by atoms with E-state index in [0.29, 0.717) is 6.42 Å². The van der Waals surface area contributed by atoms with E-state index >= 15 is 0 Å². The number of aliphatic hydroxyl groups is 1. The van der Waals surface area contributed by atoms with Crippen LogP contribution in [0.1, 0.15) is 20.3 Å². The van der Waals surface area contributed by atoms with Crippen LogP contribution in [0.3, 0.4) is 0 Å². The maximum absolute atomic E-state index is 10.1. The van der Waals surface area contributed by atoms with E-state index in [9.17, 15) is 4.79 Å². The summed E-state index contributed by atoms with van der Waals surface area (Å²) in [5.41, 5.74) is 0. The van der Waals surface area contributed by atoms with Gasteiger partial charge in [0.2, 0.25) is 0 Å². The smallest absolute Gasteiger partial charge is 0.308 e. The third kappa shape index (κ3) is 3.42. The first-order chi connectivity index (χ1) is 4.09. The Morgan fingerprint density at radius 1 is 1.60 bits per heavy atom. The van der Waals surface area contributed by atoms with Crippen LogP contribution < -0.4 is 6.15 Å². The predicted octanol–water partition coefficient (Wildman–Crippen LogP) is 0.640. The molecule has 2 atom stereocenters. The van der Waals surface area contributed by atoms with Crippen molar-refractivity contribution < 1.29 is 15.0 Å². The van der Waals surface area contributed by atoms with Crippen LogP contribution in [0.2, 0.25) is 0 Å². The highest BCUT2D eigenvalue weighted by Crippen LogP contribution is 2.05. The molecule has 2 unspecified atom stereocenters. The standard InChI is InChI=1S/C6H12O3.H3N/c1-3-5(7)4(2)6(8)9;/h4-5,7H,3H2,1-2H3,(H,8,9);1H3. The van der Waals surface area contributed by atoms with Crippen molar-refractivity contribution in [3.8, 4) is 0 Å². The number of carbonyl (C=O) groups is 1. The van der Waals surface area contributed by atoms with Crippen molar-refractivity contribution in [2.24, 2.45) is 5.92 Å². The molecular formula is C6H15NO3. The fourth-order valence-corrected chi connectivity index (χ4v) is 0.518. The molecule has 0 aliphatic heterocycles. The first-order valence-electron chi connectivity index (χ1n) is 3.00. The molecule has 0 aromatic heterocycles. The molecule has 0 aromatic carbocycles. The minimum Gasteiger partial charge on any atom is -0.481 e. The molecular weight excluding hydrogens is 134 g/mol. The fraction of sp³-hybridized carbons (Fsp3) is 0.833. The lowest BCUT2D eigenvalue weighted by molar-refractivity contribution is -0.144. The fourth-order valence-electron chi connectivity index (χ4n) is 0.518. The maximum Gasteiger partial charge on any atom is 0.308 e. The van der Waals surface area contributed by atoms with Gasteiger partial charge in [0.15, 0.2) is 0 Å². The molecule has 0 saturated carbocycles. The van der Waals surface area contributed by atoms with E-state index < -0.39 is 18.0 Å². The zero-order chi connectivity index (χ0) is 7.44. The summed E-state index contributed by atoms with van der Waals surface area (Å²) in [7, 11) is 0. The van der Waals surface area contributed by atoms with Gasteiger partial charge in [0.05, 0.1) is 12.0 Å². The molecule has 0 saturated heterocycles. The Balaban J connectivity index is 0. The van der Waals surface area contributed by atoms with Gasteiger partial charge in [0.1, 0.15) is 0 Å². The Labute approximate surface area is 60.4 Å². The van der Waals surface area contributed by atoms with Gasteiger partial charge in [-0.05, 0) is 13.3 Å². The summed E-state index contributed by atoms with van der Waals surface area (Å²) in [6.45, 7) is 3.25. The van der Waals surface area contributed by atoms with Crippen LogP contribution >= 0.6 is 0 Å². The van der Waals surface area contributed by atoms with Crippen molar-refractivity contribution in [2.45, 2.75) is 26.4 Å². The van der Waals surface area contributed by atoms with Crippen LogP contribution in [0.25, 0.3) is 0 Å². The van der Waals surface area contributed by atoms with E-state index in [2.05, 4.69) is 0 Å². The summed E-state index contributed by atoms with van der Waals surface area (Å²) in [5.74, 6) is -1.58. The van der Waals surface area contributed by atoms with E-state index in [1.54, 1.807) is 6.92 Å². The molecule has 0 aromatic rings. The van der Waals surface area contributed by atoms with Crippen molar-refractivity contribution in [2.75, 3.05) is 0 Å². The molecule has 0 radical (unpaired) electrons. The third-order valence-corrected chi connectivity index (χ3v) is 1.38. The van der Waals surface area contributed by atoms with Crippen LogP contribution in [-0.2, 0) is 4.79 Å². The minimum absolute atomic E-state index is 0. The number of aliphatic hydroxyl groups excluding tert-OH is 1. The van der Waals surface area contributed by atoms with E-state index in [1.165, 1.54) is 6.92 Å². The molecule has 0 amide bonds. The lowest BCUT2D eigenvalue weighted by atomic mass is 10.0. The van der Waals surface area contributed by atoms with E-state index in [4.69, 9.17) is 10.2 Å². The number of carboxylic acid groups (broad SMARTS) is 1. The summed E-state index contributed by atoms with van der Waals surface area (Å²) in [5, 5.41) is 17.2. The Morgan fingerprint density at radius 2 is 2.00 bits per heavy atom. The molecule has 5 N–H and O–H groups in total. The summed E-state index contributed by atoms with van der Waals surface area (Å²) in [6.07, 6.45) is -0.213. The zero-order valence-corrected chi connectivity index (χ0v) is 6.37. The largest absolute Gasteiger partial charge is 0.481 e. The molecule has 4 nitrogen and oxygen atoms in total. The van der Waals surface area contributed by atoms with Crippen LogP contribution in [0.5, 0.6) is 0 Å². The summed E-state index contributed by atoms with van der Waals surface area (Å²) >= 11 is 0. The molecule has 4 heteroatoms. The topological polar surface area (TPSA) is 92.5 Å². The lowest BCUT2D eigenvalue weighted by Crippen LogP contribution is -2.24. The maximum atomic E-state index is 10.1.